The monoisotopic (exact) mass is 388 g/mol. The van der Waals surface area contributed by atoms with E-state index in [1.54, 1.807) is 25.6 Å². The second-order valence-electron chi connectivity index (χ2n) is 5.63. The standard InChI is InChI=1S/C19H20N2O3S2/c1-12-17(26-19(21-12)14-7-9-25-11-14)18(22)20-8-6-13-10-15(23-2)4-5-16(13)24-3/h4-5,7,9-11H,6,8H2,1-3H3,(H,20,22). The fraction of sp³-hybridized carbons (Fsp3) is 0.263. The minimum Gasteiger partial charge on any atom is -0.497 e. The molecular weight excluding hydrogens is 368 g/mol. The summed E-state index contributed by atoms with van der Waals surface area (Å²) in [7, 11) is 3.27. The average molecular weight is 389 g/mol. The molecule has 0 aliphatic carbocycles. The molecule has 3 aromatic rings. The summed E-state index contributed by atoms with van der Waals surface area (Å²) in [4.78, 5) is 17.7. The van der Waals surface area contributed by atoms with Gasteiger partial charge in [0.15, 0.2) is 0 Å². The molecule has 5 nitrogen and oxygen atoms in total. The molecule has 1 N–H and O–H groups in total. The Balaban J connectivity index is 1.65. The first-order chi connectivity index (χ1) is 12.6. The maximum atomic E-state index is 12.5. The van der Waals surface area contributed by atoms with Gasteiger partial charge in [-0.1, -0.05) is 0 Å². The lowest BCUT2D eigenvalue weighted by Crippen LogP contribution is -2.25. The summed E-state index contributed by atoms with van der Waals surface area (Å²) in [5.74, 6) is 1.46. The van der Waals surface area contributed by atoms with Crippen LogP contribution in [-0.4, -0.2) is 31.7 Å². The van der Waals surface area contributed by atoms with E-state index in [-0.39, 0.29) is 5.91 Å². The number of benzene rings is 1. The fourth-order valence-electron chi connectivity index (χ4n) is 2.58. The van der Waals surface area contributed by atoms with E-state index in [1.165, 1.54) is 11.3 Å². The number of thiazole rings is 1. The number of nitrogens with one attached hydrogen (secondary N) is 1. The Hall–Kier alpha value is -2.38. The molecule has 2 aromatic heterocycles. The first kappa shape index (κ1) is 18.4. The van der Waals surface area contributed by atoms with Gasteiger partial charge in [-0.25, -0.2) is 4.98 Å². The molecule has 0 unspecified atom stereocenters. The molecular formula is C19H20N2O3S2. The summed E-state index contributed by atoms with van der Waals surface area (Å²) >= 11 is 3.04. The van der Waals surface area contributed by atoms with Gasteiger partial charge in [0.25, 0.3) is 5.91 Å². The van der Waals surface area contributed by atoms with E-state index in [2.05, 4.69) is 10.3 Å². The van der Waals surface area contributed by atoms with Gasteiger partial charge in [-0.05, 0) is 48.6 Å². The largest absolute Gasteiger partial charge is 0.497 e. The molecule has 3 rings (SSSR count). The highest BCUT2D eigenvalue weighted by Crippen LogP contribution is 2.29. The van der Waals surface area contributed by atoms with Gasteiger partial charge < -0.3 is 14.8 Å². The molecule has 7 heteroatoms. The number of carbonyl (C=O) groups excluding carboxylic acids is 1. The third kappa shape index (κ3) is 4.05. The lowest BCUT2D eigenvalue weighted by molar-refractivity contribution is 0.0957. The van der Waals surface area contributed by atoms with Gasteiger partial charge in [-0.3, -0.25) is 4.79 Å². The molecule has 1 amide bonds. The Morgan fingerprint density at radius 3 is 2.77 bits per heavy atom. The molecule has 0 fully saturated rings. The van der Waals surface area contributed by atoms with Crippen LogP contribution >= 0.6 is 22.7 Å². The van der Waals surface area contributed by atoms with Crippen molar-refractivity contribution in [2.75, 3.05) is 20.8 Å². The van der Waals surface area contributed by atoms with Gasteiger partial charge in [0, 0.05) is 17.5 Å². The average Bonchev–Trinajstić information content (AvgIpc) is 3.31. The number of methoxy groups -OCH3 is 2. The normalized spacial score (nSPS) is 10.6. The Kier molecular flexibility index (Phi) is 5.90. The third-order valence-electron chi connectivity index (χ3n) is 3.94. The van der Waals surface area contributed by atoms with Gasteiger partial charge in [0.1, 0.15) is 21.4 Å². The number of ether oxygens (including phenoxy) is 2. The molecule has 26 heavy (non-hydrogen) atoms. The molecule has 0 aliphatic heterocycles. The highest BCUT2D eigenvalue weighted by molar-refractivity contribution is 7.17. The molecule has 0 bridgehead atoms. The SMILES string of the molecule is COc1ccc(OC)c(CCNC(=O)c2sc(-c3ccsc3)nc2C)c1. The van der Waals surface area contributed by atoms with E-state index in [4.69, 9.17) is 9.47 Å². The van der Waals surface area contributed by atoms with E-state index >= 15 is 0 Å². The molecule has 0 saturated carbocycles. The maximum absolute atomic E-state index is 12.5. The molecule has 0 atom stereocenters. The zero-order chi connectivity index (χ0) is 18.5. The number of nitrogens with zero attached hydrogens (tertiary/aromatic N) is 1. The number of hydrogen-bond acceptors (Lipinski definition) is 6. The van der Waals surface area contributed by atoms with E-state index in [1.807, 2.05) is 41.9 Å². The van der Waals surface area contributed by atoms with Gasteiger partial charge in [0.2, 0.25) is 0 Å². The molecule has 0 aliphatic rings. The smallest absolute Gasteiger partial charge is 0.263 e. The van der Waals surface area contributed by atoms with Gasteiger partial charge in [-0.15, -0.1) is 11.3 Å². The first-order valence-electron chi connectivity index (χ1n) is 8.11. The van der Waals surface area contributed by atoms with Crippen LogP contribution in [0.4, 0.5) is 0 Å². The lowest BCUT2D eigenvalue weighted by atomic mass is 10.1. The summed E-state index contributed by atoms with van der Waals surface area (Å²) in [5.41, 5.74) is 2.81. The summed E-state index contributed by atoms with van der Waals surface area (Å²) in [6.07, 6.45) is 0.654. The van der Waals surface area contributed by atoms with Crippen molar-refractivity contribution in [2.45, 2.75) is 13.3 Å². The fourth-order valence-corrected chi connectivity index (χ4v) is 4.28. The second kappa shape index (κ2) is 8.33. The maximum Gasteiger partial charge on any atom is 0.263 e. The number of rotatable bonds is 7. The minimum absolute atomic E-state index is 0.0941. The van der Waals surface area contributed by atoms with Crippen LogP contribution in [0, 0.1) is 6.92 Å². The van der Waals surface area contributed by atoms with Crippen LogP contribution in [0.5, 0.6) is 11.5 Å². The van der Waals surface area contributed by atoms with Crippen molar-refractivity contribution in [2.24, 2.45) is 0 Å². The predicted molar refractivity (Wildman–Crippen MR) is 106 cm³/mol. The summed E-state index contributed by atoms with van der Waals surface area (Å²) in [6.45, 7) is 2.37. The van der Waals surface area contributed by atoms with Crippen LogP contribution in [0.1, 0.15) is 20.9 Å². The quantitative estimate of drug-likeness (QED) is 0.660. The lowest BCUT2D eigenvalue weighted by Gasteiger charge is -2.11. The second-order valence-corrected chi connectivity index (χ2v) is 7.41. The number of aromatic nitrogens is 1. The number of aryl methyl sites for hydroxylation is 1. The molecule has 136 valence electrons. The first-order valence-corrected chi connectivity index (χ1v) is 9.87. The Labute approximate surface area is 160 Å². The molecule has 0 radical (unpaired) electrons. The van der Waals surface area contributed by atoms with E-state index < -0.39 is 0 Å². The van der Waals surface area contributed by atoms with Crippen LogP contribution in [0.3, 0.4) is 0 Å². The van der Waals surface area contributed by atoms with E-state index in [0.717, 1.165) is 33.3 Å². The Bertz CT molecular complexity index is 888. The Morgan fingerprint density at radius 1 is 1.23 bits per heavy atom. The minimum atomic E-state index is -0.0941. The topological polar surface area (TPSA) is 60.5 Å². The van der Waals surface area contributed by atoms with Crippen LogP contribution in [0.25, 0.3) is 10.6 Å². The zero-order valence-corrected chi connectivity index (χ0v) is 16.5. The molecule has 2 heterocycles. The Morgan fingerprint density at radius 2 is 2.08 bits per heavy atom. The van der Waals surface area contributed by atoms with Gasteiger partial charge >= 0.3 is 0 Å². The summed E-state index contributed by atoms with van der Waals surface area (Å²) < 4.78 is 10.6. The van der Waals surface area contributed by atoms with E-state index in [9.17, 15) is 4.79 Å². The van der Waals surface area contributed by atoms with Crippen LogP contribution in [0.15, 0.2) is 35.0 Å². The van der Waals surface area contributed by atoms with Crippen molar-refractivity contribution < 1.29 is 14.3 Å². The van der Waals surface area contributed by atoms with E-state index in [0.29, 0.717) is 17.8 Å². The molecule has 1 aromatic carbocycles. The number of carbonyl (C=O) groups is 1. The molecule has 0 spiro atoms. The van der Waals surface area contributed by atoms with Crippen LogP contribution < -0.4 is 14.8 Å². The van der Waals surface area contributed by atoms with Gasteiger partial charge in [-0.2, -0.15) is 11.3 Å². The predicted octanol–water partition coefficient (Wildman–Crippen LogP) is 4.17. The molecule has 0 saturated heterocycles. The van der Waals surface area contributed by atoms with Crippen molar-refractivity contribution in [3.05, 3.63) is 51.2 Å². The van der Waals surface area contributed by atoms with Crippen LogP contribution in [0.2, 0.25) is 0 Å². The van der Waals surface area contributed by atoms with Crippen LogP contribution in [-0.2, 0) is 6.42 Å². The highest BCUT2D eigenvalue weighted by Gasteiger charge is 2.16. The zero-order valence-electron chi connectivity index (χ0n) is 14.9. The number of thiophene rings is 1. The number of amides is 1. The third-order valence-corrected chi connectivity index (χ3v) is 5.83. The summed E-state index contributed by atoms with van der Waals surface area (Å²) in [5, 5.41) is 7.90. The van der Waals surface area contributed by atoms with Crippen molar-refractivity contribution in [1.29, 1.82) is 0 Å². The highest BCUT2D eigenvalue weighted by atomic mass is 32.1. The van der Waals surface area contributed by atoms with Crippen molar-refractivity contribution in [3.63, 3.8) is 0 Å². The van der Waals surface area contributed by atoms with Crippen molar-refractivity contribution in [3.8, 4) is 22.1 Å². The van der Waals surface area contributed by atoms with Gasteiger partial charge in [0.05, 0.1) is 19.9 Å². The number of hydrogen-bond donors (Lipinski definition) is 1. The van der Waals surface area contributed by atoms with Crippen molar-refractivity contribution >= 4 is 28.6 Å². The summed E-state index contributed by atoms with van der Waals surface area (Å²) in [6, 6.07) is 7.67. The van der Waals surface area contributed by atoms with Crippen molar-refractivity contribution in [1.82, 2.24) is 10.3 Å².